The molecule has 0 fully saturated rings. The fourth-order valence-corrected chi connectivity index (χ4v) is 2.29. The number of anilines is 1. The van der Waals surface area contributed by atoms with E-state index in [-0.39, 0.29) is 0 Å². The number of aliphatic hydroxyl groups is 1. The fourth-order valence-electron chi connectivity index (χ4n) is 1.69. The highest BCUT2D eigenvalue weighted by Gasteiger charge is 2.09. The maximum atomic E-state index is 8.72. The van der Waals surface area contributed by atoms with Crippen LogP contribution < -0.4 is 5.32 Å². The predicted octanol–water partition coefficient (Wildman–Crippen LogP) is 1.95. The maximum Gasteiger partial charge on any atom is 0.134 e. The van der Waals surface area contributed by atoms with Gasteiger partial charge in [0.25, 0.3) is 0 Å². The highest BCUT2D eigenvalue weighted by molar-refractivity contribution is 7.10. The molecule has 0 saturated carbocycles. The smallest absolute Gasteiger partial charge is 0.134 e. The van der Waals surface area contributed by atoms with E-state index in [1.807, 2.05) is 0 Å². The lowest BCUT2D eigenvalue weighted by Crippen LogP contribution is -2.20. The summed E-state index contributed by atoms with van der Waals surface area (Å²) in [6, 6.07) is 0. The molecule has 0 atom stereocenters. The van der Waals surface area contributed by atoms with Crippen LogP contribution in [0.2, 0.25) is 0 Å². The minimum absolute atomic E-state index is 0.296. The summed E-state index contributed by atoms with van der Waals surface area (Å²) in [4.78, 5) is 2.26. The summed E-state index contributed by atoms with van der Waals surface area (Å²) in [5.74, 6) is 0. The minimum Gasteiger partial charge on any atom is -0.396 e. The number of hydrogen-bond acceptors (Lipinski definition) is 6. The molecule has 0 bridgehead atoms. The van der Waals surface area contributed by atoms with Gasteiger partial charge in [0, 0.05) is 31.2 Å². The van der Waals surface area contributed by atoms with Crippen molar-refractivity contribution in [2.75, 3.05) is 32.1 Å². The molecule has 0 amide bonds. The van der Waals surface area contributed by atoms with Gasteiger partial charge in [0.2, 0.25) is 0 Å². The highest BCUT2D eigenvalue weighted by Crippen LogP contribution is 2.18. The van der Waals surface area contributed by atoms with Gasteiger partial charge < -0.3 is 15.3 Å². The number of aromatic nitrogens is 2. The van der Waals surface area contributed by atoms with Crippen LogP contribution in [0.5, 0.6) is 0 Å². The van der Waals surface area contributed by atoms with Crippen molar-refractivity contribution in [3.05, 3.63) is 5.69 Å². The molecular weight excluding hydrogens is 248 g/mol. The van der Waals surface area contributed by atoms with E-state index in [0.29, 0.717) is 6.61 Å². The third kappa shape index (κ3) is 5.75. The Morgan fingerprint density at radius 1 is 1.33 bits per heavy atom. The second-order valence-corrected chi connectivity index (χ2v) is 5.25. The van der Waals surface area contributed by atoms with Crippen LogP contribution in [-0.4, -0.2) is 46.3 Å². The van der Waals surface area contributed by atoms with E-state index >= 15 is 0 Å². The molecule has 1 heterocycles. The zero-order chi connectivity index (χ0) is 13.2. The molecule has 0 saturated heterocycles. The van der Waals surface area contributed by atoms with Crippen LogP contribution in [0.3, 0.4) is 0 Å². The number of nitrogens with one attached hydrogen (secondary N) is 1. The van der Waals surface area contributed by atoms with Crippen molar-refractivity contribution >= 4 is 16.5 Å². The average Bonchev–Trinajstić information content (AvgIpc) is 2.79. The molecule has 0 aliphatic carbocycles. The summed E-state index contributed by atoms with van der Waals surface area (Å²) in [5.41, 5.74) is 1.04. The first-order valence-electron chi connectivity index (χ1n) is 6.62. The zero-order valence-electron chi connectivity index (χ0n) is 11.4. The average molecular weight is 272 g/mol. The summed E-state index contributed by atoms with van der Waals surface area (Å²) in [7, 11) is 2.10. The van der Waals surface area contributed by atoms with Gasteiger partial charge in [-0.3, -0.25) is 0 Å². The first kappa shape index (κ1) is 15.3. The molecule has 104 valence electrons. The lowest BCUT2D eigenvalue weighted by Gasteiger charge is -2.15. The molecule has 0 aliphatic rings. The molecule has 1 aromatic heterocycles. The normalized spacial score (nSPS) is 11.1. The maximum absolute atomic E-state index is 8.72. The van der Waals surface area contributed by atoms with Crippen molar-refractivity contribution in [2.45, 2.75) is 39.2 Å². The van der Waals surface area contributed by atoms with Crippen LogP contribution in [0.15, 0.2) is 0 Å². The van der Waals surface area contributed by atoms with Crippen molar-refractivity contribution in [2.24, 2.45) is 0 Å². The van der Waals surface area contributed by atoms with Crippen molar-refractivity contribution in [3.8, 4) is 0 Å². The Morgan fingerprint density at radius 2 is 2.17 bits per heavy atom. The van der Waals surface area contributed by atoms with E-state index in [2.05, 4.69) is 33.8 Å². The van der Waals surface area contributed by atoms with Gasteiger partial charge in [-0.1, -0.05) is 11.4 Å². The first-order chi connectivity index (χ1) is 8.77. The summed E-state index contributed by atoms with van der Waals surface area (Å²) in [6.07, 6.45) is 4.20. The second-order valence-electron chi connectivity index (χ2n) is 4.50. The van der Waals surface area contributed by atoms with Gasteiger partial charge >= 0.3 is 0 Å². The van der Waals surface area contributed by atoms with E-state index in [1.165, 1.54) is 11.5 Å². The highest BCUT2D eigenvalue weighted by atomic mass is 32.1. The summed E-state index contributed by atoms with van der Waals surface area (Å²) < 4.78 is 4.01. The molecule has 2 N–H and O–H groups in total. The van der Waals surface area contributed by atoms with Gasteiger partial charge in [-0.15, -0.1) is 5.10 Å². The molecule has 1 aromatic rings. The Labute approximate surface area is 113 Å². The van der Waals surface area contributed by atoms with Gasteiger partial charge in [0.15, 0.2) is 0 Å². The van der Waals surface area contributed by atoms with Crippen molar-refractivity contribution in [1.82, 2.24) is 14.5 Å². The van der Waals surface area contributed by atoms with E-state index in [0.717, 1.165) is 56.0 Å². The summed E-state index contributed by atoms with van der Waals surface area (Å²) in [6.45, 7) is 5.28. The Morgan fingerprint density at radius 3 is 2.89 bits per heavy atom. The van der Waals surface area contributed by atoms with Gasteiger partial charge in [-0.2, -0.15) is 0 Å². The van der Waals surface area contributed by atoms with Crippen molar-refractivity contribution in [1.29, 1.82) is 0 Å². The Bertz CT molecular complexity index is 319. The van der Waals surface area contributed by atoms with Gasteiger partial charge in [-0.25, -0.2) is 0 Å². The van der Waals surface area contributed by atoms with Crippen LogP contribution in [-0.2, 0) is 6.54 Å². The molecule has 5 nitrogen and oxygen atoms in total. The largest absolute Gasteiger partial charge is 0.396 e. The van der Waals surface area contributed by atoms with E-state index < -0.39 is 0 Å². The van der Waals surface area contributed by atoms with E-state index in [9.17, 15) is 0 Å². The Balaban J connectivity index is 2.29. The molecular formula is C12H24N4OS. The summed E-state index contributed by atoms with van der Waals surface area (Å²) in [5, 5.41) is 17.4. The van der Waals surface area contributed by atoms with E-state index in [1.54, 1.807) is 0 Å². The molecule has 0 radical (unpaired) electrons. The Kier molecular flexibility index (Phi) is 7.88. The summed E-state index contributed by atoms with van der Waals surface area (Å²) >= 11 is 1.43. The number of nitrogens with zero attached hydrogens (tertiary/aromatic N) is 3. The molecule has 18 heavy (non-hydrogen) atoms. The third-order valence-corrected chi connectivity index (χ3v) is 3.43. The third-order valence-electron chi connectivity index (χ3n) is 2.71. The molecule has 0 unspecified atom stereocenters. The molecule has 1 rings (SSSR count). The number of aliphatic hydroxyl groups excluding tert-OH is 1. The lowest BCUT2D eigenvalue weighted by molar-refractivity contribution is 0.270. The second kappa shape index (κ2) is 9.24. The van der Waals surface area contributed by atoms with Crippen molar-refractivity contribution < 1.29 is 5.11 Å². The Hall–Kier alpha value is -0.720. The van der Waals surface area contributed by atoms with Crippen molar-refractivity contribution in [3.63, 3.8) is 0 Å². The molecule has 0 aromatic carbocycles. The SMILES string of the molecule is CCCNc1snnc1CN(C)CCCCCO. The van der Waals surface area contributed by atoms with Gasteiger partial charge in [0.05, 0.1) is 0 Å². The number of unbranched alkanes of at least 4 members (excludes halogenated alkanes) is 2. The predicted molar refractivity (Wildman–Crippen MR) is 76.0 cm³/mol. The molecule has 0 aliphatic heterocycles. The molecule has 6 heteroatoms. The van der Waals surface area contributed by atoms with Crippen LogP contribution in [0, 0.1) is 0 Å². The number of hydrogen-bond donors (Lipinski definition) is 2. The topological polar surface area (TPSA) is 61.3 Å². The van der Waals surface area contributed by atoms with Crippen LogP contribution in [0.4, 0.5) is 5.00 Å². The van der Waals surface area contributed by atoms with Gasteiger partial charge in [0.1, 0.15) is 10.7 Å². The minimum atomic E-state index is 0.296. The quantitative estimate of drug-likeness (QED) is 0.638. The standard InChI is InChI=1S/C12H24N4OS/c1-3-7-13-12-11(14-15-18-12)10-16(2)8-5-4-6-9-17/h13,17H,3-10H2,1-2H3. The van der Waals surface area contributed by atoms with E-state index in [4.69, 9.17) is 5.11 Å². The first-order valence-corrected chi connectivity index (χ1v) is 7.39. The zero-order valence-corrected chi connectivity index (χ0v) is 12.2. The monoisotopic (exact) mass is 272 g/mol. The van der Waals surface area contributed by atoms with Crippen LogP contribution in [0.25, 0.3) is 0 Å². The lowest BCUT2D eigenvalue weighted by atomic mass is 10.2. The van der Waals surface area contributed by atoms with Gasteiger partial charge in [-0.05, 0) is 39.3 Å². The molecule has 0 spiro atoms. The fraction of sp³-hybridized carbons (Fsp3) is 0.833. The number of rotatable bonds is 10. The van der Waals surface area contributed by atoms with Crippen LogP contribution >= 0.6 is 11.5 Å². The van der Waals surface area contributed by atoms with Crippen LogP contribution in [0.1, 0.15) is 38.3 Å².